The maximum absolute atomic E-state index is 11.3. The van der Waals surface area contributed by atoms with Crippen LogP contribution in [0.1, 0.15) is 65.2 Å². The van der Waals surface area contributed by atoms with Crippen molar-refractivity contribution in [2.45, 2.75) is 71.3 Å². The Hall–Kier alpha value is -0.570. The van der Waals surface area contributed by atoms with Gasteiger partial charge in [-0.05, 0) is 38.3 Å². The maximum atomic E-state index is 11.3. The first-order valence-electron chi connectivity index (χ1n) is 7.65. The fourth-order valence-electron chi connectivity index (χ4n) is 2.90. The monoisotopic (exact) mass is 255 g/mol. The van der Waals surface area contributed by atoms with E-state index < -0.39 is 5.97 Å². The molecule has 1 saturated heterocycles. The quantitative estimate of drug-likeness (QED) is 0.674. The highest BCUT2D eigenvalue weighted by Crippen LogP contribution is 2.25. The van der Waals surface area contributed by atoms with Crippen LogP contribution in [0.5, 0.6) is 0 Å². The van der Waals surface area contributed by atoms with Gasteiger partial charge in [0.25, 0.3) is 0 Å². The van der Waals surface area contributed by atoms with E-state index in [4.69, 9.17) is 0 Å². The average Bonchev–Trinajstić information content (AvgIpc) is 2.38. The average molecular weight is 255 g/mol. The normalized spacial score (nSPS) is 25.2. The van der Waals surface area contributed by atoms with Crippen LogP contribution >= 0.6 is 0 Å². The smallest absolute Gasteiger partial charge is 0.320 e. The fourth-order valence-corrected chi connectivity index (χ4v) is 2.90. The molecule has 0 aromatic rings. The van der Waals surface area contributed by atoms with Gasteiger partial charge in [0.05, 0.1) is 0 Å². The van der Waals surface area contributed by atoms with E-state index in [0.29, 0.717) is 5.92 Å². The number of rotatable bonds is 8. The second-order valence-corrected chi connectivity index (χ2v) is 5.60. The minimum absolute atomic E-state index is 0.227. The third kappa shape index (κ3) is 4.97. The molecule has 1 aliphatic heterocycles. The van der Waals surface area contributed by atoms with Crippen molar-refractivity contribution in [3.05, 3.63) is 0 Å². The number of unbranched alkanes of at least 4 members (excludes halogenated alkanes) is 4. The molecule has 0 saturated carbocycles. The van der Waals surface area contributed by atoms with Crippen LogP contribution in [-0.4, -0.2) is 35.1 Å². The molecule has 0 aromatic heterocycles. The van der Waals surface area contributed by atoms with Crippen molar-refractivity contribution in [1.29, 1.82) is 0 Å². The Labute approximate surface area is 112 Å². The van der Waals surface area contributed by atoms with Crippen molar-refractivity contribution >= 4 is 5.97 Å². The second-order valence-electron chi connectivity index (χ2n) is 5.60. The molecule has 1 fully saturated rings. The molecule has 0 bridgehead atoms. The number of carboxylic acid groups (broad SMARTS) is 1. The molecule has 2 atom stereocenters. The first-order valence-corrected chi connectivity index (χ1v) is 7.65. The molecule has 3 nitrogen and oxygen atoms in total. The summed E-state index contributed by atoms with van der Waals surface area (Å²) in [6.45, 7) is 6.33. The molecule has 0 aliphatic carbocycles. The lowest BCUT2D eigenvalue weighted by Crippen LogP contribution is -2.47. The van der Waals surface area contributed by atoms with E-state index in [1.54, 1.807) is 0 Å². The SMILES string of the molecule is CCCCCCCN1CCC(CC)CC1C(=O)O. The summed E-state index contributed by atoms with van der Waals surface area (Å²) in [5.41, 5.74) is 0. The molecular weight excluding hydrogens is 226 g/mol. The number of likely N-dealkylation sites (tertiary alicyclic amines) is 1. The molecule has 18 heavy (non-hydrogen) atoms. The lowest BCUT2D eigenvalue weighted by Gasteiger charge is -2.36. The number of carbonyl (C=O) groups is 1. The predicted octanol–water partition coefficient (Wildman–Crippen LogP) is 3.53. The van der Waals surface area contributed by atoms with E-state index in [-0.39, 0.29) is 6.04 Å². The number of carboxylic acids is 1. The van der Waals surface area contributed by atoms with Crippen molar-refractivity contribution < 1.29 is 9.90 Å². The van der Waals surface area contributed by atoms with E-state index in [9.17, 15) is 9.90 Å². The summed E-state index contributed by atoms with van der Waals surface area (Å²) in [7, 11) is 0. The van der Waals surface area contributed by atoms with Crippen molar-refractivity contribution in [3.8, 4) is 0 Å². The van der Waals surface area contributed by atoms with Crippen molar-refractivity contribution in [1.82, 2.24) is 4.90 Å². The summed E-state index contributed by atoms with van der Waals surface area (Å²) in [4.78, 5) is 13.5. The second kappa shape index (κ2) is 8.52. The lowest BCUT2D eigenvalue weighted by molar-refractivity contribution is -0.145. The predicted molar refractivity (Wildman–Crippen MR) is 74.8 cm³/mol. The topological polar surface area (TPSA) is 40.5 Å². The van der Waals surface area contributed by atoms with Gasteiger partial charge in [0, 0.05) is 0 Å². The van der Waals surface area contributed by atoms with Gasteiger partial charge in [0.1, 0.15) is 6.04 Å². The van der Waals surface area contributed by atoms with Gasteiger partial charge in [0.2, 0.25) is 0 Å². The largest absolute Gasteiger partial charge is 0.480 e. The molecule has 0 aromatic carbocycles. The summed E-state index contributed by atoms with van der Waals surface area (Å²) in [6, 6.07) is -0.227. The van der Waals surface area contributed by atoms with E-state index in [2.05, 4.69) is 18.7 Å². The van der Waals surface area contributed by atoms with E-state index >= 15 is 0 Å². The Bertz CT molecular complexity index is 243. The van der Waals surface area contributed by atoms with Gasteiger partial charge in [0.15, 0.2) is 0 Å². The van der Waals surface area contributed by atoms with Crippen molar-refractivity contribution in [2.75, 3.05) is 13.1 Å². The van der Waals surface area contributed by atoms with E-state index in [1.165, 1.54) is 32.1 Å². The van der Waals surface area contributed by atoms with Crippen LogP contribution in [0, 0.1) is 5.92 Å². The van der Waals surface area contributed by atoms with Gasteiger partial charge < -0.3 is 5.11 Å². The van der Waals surface area contributed by atoms with Gasteiger partial charge in [-0.15, -0.1) is 0 Å². The van der Waals surface area contributed by atoms with Crippen LogP contribution < -0.4 is 0 Å². The Balaban J connectivity index is 2.31. The standard InChI is InChI=1S/C15H29NO2/c1-3-5-6-7-8-10-16-11-9-13(4-2)12-14(16)15(17)18/h13-14H,3-12H2,1-2H3,(H,17,18). The summed E-state index contributed by atoms with van der Waals surface area (Å²) < 4.78 is 0. The summed E-state index contributed by atoms with van der Waals surface area (Å²) in [5.74, 6) is -0.0100. The molecule has 0 spiro atoms. The molecular formula is C15H29NO2. The van der Waals surface area contributed by atoms with Gasteiger partial charge >= 0.3 is 5.97 Å². The van der Waals surface area contributed by atoms with Crippen molar-refractivity contribution in [2.24, 2.45) is 5.92 Å². The zero-order valence-electron chi connectivity index (χ0n) is 12.0. The Morgan fingerprint density at radius 3 is 2.56 bits per heavy atom. The first-order chi connectivity index (χ1) is 8.69. The Morgan fingerprint density at radius 2 is 1.94 bits per heavy atom. The zero-order valence-corrected chi connectivity index (χ0v) is 12.0. The zero-order chi connectivity index (χ0) is 13.4. The number of aliphatic carboxylic acids is 1. The van der Waals surface area contributed by atoms with E-state index in [1.807, 2.05) is 0 Å². The van der Waals surface area contributed by atoms with Crippen LogP contribution in [0.15, 0.2) is 0 Å². The molecule has 106 valence electrons. The minimum Gasteiger partial charge on any atom is -0.480 e. The highest BCUT2D eigenvalue weighted by molar-refractivity contribution is 5.73. The first kappa shape index (κ1) is 15.5. The highest BCUT2D eigenvalue weighted by Gasteiger charge is 2.31. The van der Waals surface area contributed by atoms with Crippen LogP contribution in [0.25, 0.3) is 0 Å². The maximum Gasteiger partial charge on any atom is 0.320 e. The Kier molecular flexibility index (Phi) is 7.33. The number of piperidine rings is 1. The molecule has 0 radical (unpaired) electrons. The Morgan fingerprint density at radius 1 is 1.22 bits per heavy atom. The van der Waals surface area contributed by atoms with Gasteiger partial charge in [-0.1, -0.05) is 46.0 Å². The van der Waals surface area contributed by atoms with Gasteiger partial charge in [-0.2, -0.15) is 0 Å². The van der Waals surface area contributed by atoms with Crippen LogP contribution in [0.2, 0.25) is 0 Å². The number of hydrogen-bond donors (Lipinski definition) is 1. The molecule has 1 heterocycles. The summed E-state index contributed by atoms with van der Waals surface area (Å²) in [5, 5.41) is 9.32. The molecule has 0 amide bonds. The van der Waals surface area contributed by atoms with Crippen molar-refractivity contribution in [3.63, 3.8) is 0 Å². The lowest BCUT2D eigenvalue weighted by atomic mass is 9.88. The third-order valence-corrected chi connectivity index (χ3v) is 4.23. The molecule has 2 unspecified atom stereocenters. The fraction of sp³-hybridized carbons (Fsp3) is 0.933. The summed E-state index contributed by atoms with van der Waals surface area (Å²) in [6.07, 6.45) is 9.40. The molecule has 1 rings (SSSR count). The summed E-state index contributed by atoms with van der Waals surface area (Å²) >= 11 is 0. The minimum atomic E-state index is -0.623. The molecule has 1 N–H and O–H groups in total. The van der Waals surface area contributed by atoms with Crippen LogP contribution in [0.4, 0.5) is 0 Å². The third-order valence-electron chi connectivity index (χ3n) is 4.23. The highest BCUT2D eigenvalue weighted by atomic mass is 16.4. The number of nitrogens with zero attached hydrogens (tertiary/aromatic N) is 1. The van der Waals surface area contributed by atoms with Crippen LogP contribution in [0.3, 0.4) is 0 Å². The molecule has 3 heteroatoms. The van der Waals surface area contributed by atoms with Gasteiger partial charge in [-0.25, -0.2) is 0 Å². The van der Waals surface area contributed by atoms with Gasteiger partial charge in [-0.3, -0.25) is 9.69 Å². The molecule has 1 aliphatic rings. The number of hydrogen-bond acceptors (Lipinski definition) is 2. The van der Waals surface area contributed by atoms with Crippen LogP contribution in [-0.2, 0) is 4.79 Å². The van der Waals surface area contributed by atoms with E-state index in [0.717, 1.165) is 32.4 Å².